The molecule has 5 N–H and O–H groups in total. The second kappa shape index (κ2) is 8.32. The van der Waals surface area contributed by atoms with E-state index in [0.717, 1.165) is 39.2 Å². The molecule has 4 aromatic rings. The number of amides is 2. The summed E-state index contributed by atoms with van der Waals surface area (Å²) in [5, 5.41) is 4.57. The first-order valence-corrected chi connectivity index (χ1v) is 10.7. The summed E-state index contributed by atoms with van der Waals surface area (Å²) in [7, 11) is 0. The van der Waals surface area contributed by atoms with Crippen molar-refractivity contribution in [2.75, 3.05) is 11.9 Å². The Morgan fingerprint density at radius 3 is 2.62 bits per heavy atom. The molecule has 32 heavy (non-hydrogen) atoms. The molecular weight excluding hydrogens is 402 g/mol. The van der Waals surface area contributed by atoms with Crippen LogP contribution >= 0.6 is 0 Å². The van der Waals surface area contributed by atoms with Crippen LogP contribution in [0.5, 0.6) is 0 Å². The summed E-state index contributed by atoms with van der Waals surface area (Å²) in [5.41, 5.74) is 16.5. The van der Waals surface area contributed by atoms with Gasteiger partial charge in [0.15, 0.2) is 0 Å². The number of urea groups is 1. The van der Waals surface area contributed by atoms with Crippen LogP contribution in [0, 0.1) is 0 Å². The Morgan fingerprint density at radius 1 is 1.06 bits per heavy atom. The fourth-order valence-corrected chi connectivity index (χ4v) is 4.23. The van der Waals surface area contributed by atoms with Gasteiger partial charge in [-0.25, -0.2) is 9.78 Å². The lowest BCUT2D eigenvalue weighted by molar-refractivity contribution is 0.201. The summed E-state index contributed by atoms with van der Waals surface area (Å²) >= 11 is 0. The van der Waals surface area contributed by atoms with E-state index in [4.69, 9.17) is 21.4 Å². The number of nitrogens with one attached hydrogen (secondary N) is 1. The quantitative estimate of drug-likeness (QED) is 0.453. The highest BCUT2D eigenvalue weighted by molar-refractivity contribution is 5.83. The molecule has 0 aliphatic carbocycles. The molecule has 0 saturated carbocycles. The standard InChI is InChI=1S/C24H25N7O/c25-13-18-12-17-8-4-5-9-21(17)31(18)24-28-20-15-30(23(26)32)11-10-19(20)22(29-24)27-14-16-6-2-1-3-7-16/h1-9,12H,10-11,13-15,25H2,(H2,26,32)(H,27,28,29). The van der Waals surface area contributed by atoms with Gasteiger partial charge in [-0.2, -0.15) is 4.98 Å². The van der Waals surface area contributed by atoms with E-state index in [1.54, 1.807) is 4.90 Å². The van der Waals surface area contributed by atoms with Crippen molar-refractivity contribution in [3.63, 3.8) is 0 Å². The van der Waals surface area contributed by atoms with Crippen LogP contribution in [0.4, 0.5) is 10.6 Å². The van der Waals surface area contributed by atoms with Crippen molar-refractivity contribution in [2.24, 2.45) is 11.5 Å². The zero-order valence-corrected chi connectivity index (χ0v) is 17.7. The third-order valence-electron chi connectivity index (χ3n) is 5.86. The molecule has 2 aromatic carbocycles. The first-order chi connectivity index (χ1) is 15.6. The zero-order chi connectivity index (χ0) is 22.1. The lowest BCUT2D eigenvalue weighted by atomic mass is 10.1. The molecule has 8 nitrogen and oxygen atoms in total. The van der Waals surface area contributed by atoms with Crippen molar-refractivity contribution >= 4 is 22.8 Å². The number of rotatable bonds is 5. The van der Waals surface area contributed by atoms with E-state index in [-0.39, 0.29) is 0 Å². The van der Waals surface area contributed by atoms with Crippen LogP contribution in [0.2, 0.25) is 0 Å². The smallest absolute Gasteiger partial charge is 0.315 e. The minimum atomic E-state index is -0.441. The molecule has 5 rings (SSSR count). The monoisotopic (exact) mass is 427 g/mol. The Hall–Kier alpha value is -3.91. The molecule has 0 saturated heterocycles. The number of benzene rings is 2. The minimum Gasteiger partial charge on any atom is -0.366 e. The number of nitrogens with two attached hydrogens (primary N) is 2. The maximum absolute atomic E-state index is 11.8. The van der Waals surface area contributed by atoms with Crippen molar-refractivity contribution in [3.05, 3.63) is 83.2 Å². The van der Waals surface area contributed by atoms with Gasteiger partial charge in [-0.1, -0.05) is 48.5 Å². The van der Waals surface area contributed by atoms with Crippen LogP contribution in [0.3, 0.4) is 0 Å². The molecule has 0 atom stereocenters. The third kappa shape index (κ3) is 3.65. The van der Waals surface area contributed by atoms with Gasteiger partial charge in [0.25, 0.3) is 0 Å². The summed E-state index contributed by atoms with van der Waals surface area (Å²) in [6.45, 7) is 1.90. The zero-order valence-electron chi connectivity index (χ0n) is 17.7. The summed E-state index contributed by atoms with van der Waals surface area (Å²) in [4.78, 5) is 23.2. The molecule has 3 heterocycles. The van der Waals surface area contributed by atoms with Crippen LogP contribution in [-0.2, 0) is 26.1 Å². The Bertz CT molecular complexity index is 1280. The fraction of sp³-hybridized carbons (Fsp3) is 0.208. The van der Waals surface area contributed by atoms with E-state index in [9.17, 15) is 4.79 Å². The second-order valence-electron chi connectivity index (χ2n) is 7.88. The highest BCUT2D eigenvalue weighted by atomic mass is 16.2. The molecule has 162 valence electrons. The summed E-state index contributed by atoms with van der Waals surface area (Å²) < 4.78 is 1.99. The van der Waals surface area contributed by atoms with Crippen LogP contribution in [0.15, 0.2) is 60.7 Å². The van der Waals surface area contributed by atoms with Crippen LogP contribution in [-0.4, -0.2) is 32.0 Å². The molecule has 0 unspecified atom stereocenters. The van der Waals surface area contributed by atoms with Crippen molar-refractivity contribution < 1.29 is 4.79 Å². The number of anilines is 1. The molecule has 2 amide bonds. The molecule has 0 spiro atoms. The predicted molar refractivity (Wildman–Crippen MR) is 124 cm³/mol. The van der Waals surface area contributed by atoms with Crippen molar-refractivity contribution in [2.45, 2.75) is 26.1 Å². The maximum Gasteiger partial charge on any atom is 0.315 e. The topological polar surface area (TPSA) is 115 Å². The number of hydrogen-bond acceptors (Lipinski definition) is 5. The van der Waals surface area contributed by atoms with Gasteiger partial charge >= 0.3 is 6.03 Å². The Morgan fingerprint density at radius 2 is 1.84 bits per heavy atom. The second-order valence-corrected chi connectivity index (χ2v) is 7.88. The number of carbonyl (C=O) groups excluding carboxylic acids is 1. The minimum absolute atomic E-state index is 0.356. The average Bonchev–Trinajstić information content (AvgIpc) is 3.21. The molecule has 2 aromatic heterocycles. The summed E-state index contributed by atoms with van der Waals surface area (Å²) in [5.74, 6) is 1.31. The van der Waals surface area contributed by atoms with Gasteiger partial charge in [-0.05, 0) is 24.1 Å². The average molecular weight is 428 g/mol. The summed E-state index contributed by atoms with van der Waals surface area (Å²) in [6.07, 6.45) is 0.645. The van der Waals surface area contributed by atoms with Crippen LogP contribution < -0.4 is 16.8 Å². The molecule has 0 radical (unpaired) electrons. The van der Waals surface area contributed by atoms with Gasteiger partial charge in [0.05, 0.1) is 17.8 Å². The molecule has 1 aliphatic rings. The van der Waals surface area contributed by atoms with E-state index in [2.05, 4.69) is 23.5 Å². The molecule has 0 bridgehead atoms. The van der Waals surface area contributed by atoms with Gasteiger partial charge in [-0.3, -0.25) is 4.57 Å². The Labute approximate surface area is 185 Å². The van der Waals surface area contributed by atoms with Gasteiger partial charge < -0.3 is 21.7 Å². The van der Waals surface area contributed by atoms with E-state index >= 15 is 0 Å². The Kier molecular flexibility index (Phi) is 5.20. The number of primary amides is 1. The number of fused-ring (bicyclic) bond motifs is 2. The van der Waals surface area contributed by atoms with Crippen molar-refractivity contribution in [1.29, 1.82) is 0 Å². The number of aromatic nitrogens is 3. The first-order valence-electron chi connectivity index (χ1n) is 10.7. The predicted octanol–water partition coefficient (Wildman–Crippen LogP) is 2.93. The lowest BCUT2D eigenvalue weighted by Gasteiger charge is -2.28. The molecule has 1 aliphatic heterocycles. The SMILES string of the molecule is NCc1cc2ccccc2n1-c1nc2c(c(NCc3ccccc3)n1)CCN(C(N)=O)C2. The first kappa shape index (κ1) is 20.0. The lowest BCUT2D eigenvalue weighted by Crippen LogP contribution is -2.40. The molecular formula is C24H25N7O. The van der Waals surface area contributed by atoms with Crippen molar-refractivity contribution in [3.8, 4) is 5.95 Å². The maximum atomic E-state index is 11.8. The van der Waals surface area contributed by atoms with Crippen LogP contribution in [0.25, 0.3) is 16.9 Å². The number of hydrogen-bond donors (Lipinski definition) is 3. The number of carbonyl (C=O) groups is 1. The van der Waals surface area contributed by atoms with E-state index in [0.29, 0.717) is 38.5 Å². The van der Waals surface area contributed by atoms with Gasteiger partial charge in [0.2, 0.25) is 5.95 Å². The normalized spacial score (nSPS) is 13.2. The summed E-state index contributed by atoms with van der Waals surface area (Å²) in [6, 6.07) is 19.9. The van der Waals surface area contributed by atoms with E-state index < -0.39 is 6.03 Å². The highest BCUT2D eigenvalue weighted by Crippen LogP contribution is 2.28. The van der Waals surface area contributed by atoms with Gasteiger partial charge in [0.1, 0.15) is 5.82 Å². The number of nitrogens with zero attached hydrogens (tertiary/aromatic N) is 4. The largest absolute Gasteiger partial charge is 0.366 e. The molecule has 0 fully saturated rings. The van der Waals surface area contributed by atoms with E-state index in [1.807, 2.05) is 47.0 Å². The van der Waals surface area contributed by atoms with Crippen LogP contribution in [0.1, 0.15) is 22.5 Å². The highest BCUT2D eigenvalue weighted by Gasteiger charge is 2.25. The Balaban J connectivity index is 1.62. The van der Waals surface area contributed by atoms with Gasteiger partial charge in [-0.15, -0.1) is 0 Å². The number of para-hydroxylation sites is 1. The van der Waals surface area contributed by atoms with E-state index in [1.165, 1.54) is 0 Å². The van der Waals surface area contributed by atoms with Gasteiger partial charge in [0, 0.05) is 36.3 Å². The fourth-order valence-electron chi connectivity index (χ4n) is 4.23. The van der Waals surface area contributed by atoms with Crippen molar-refractivity contribution in [1.82, 2.24) is 19.4 Å². The molecule has 8 heteroatoms. The third-order valence-corrected chi connectivity index (χ3v) is 5.86.